The van der Waals surface area contributed by atoms with Crippen LogP contribution in [0.5, 0.6) is 0 Å². The minimum absolute atomic E-state index is 0.0777. The van der Waals surface area contributed by atoms with Crippen molar-refractivity contribution in [2.24, 2.45) is 0 Å². The first-order valence-corrected chi connectivity index (χ1v) is 6.61. The number of nitrogens with one attached hydrogen (secondary N) is 1. The fraction of sp³-hybridized carbons (Fsp3) is 0.0769. The lowest BCUT2D eigenvalue weighted by molar-refractivity contribution is 0.0697. The second-order valence-electron chi connectivity index (χ2n) is 3.80. The third-order valence-corrected chi connectivity index (χ3v) is 3.21. The molecular weight excluding hydrogens is 332 g/mol. The molecule has 0 unspecified atom stereocenters. The van der Waals surface area contributed by atoms with Gasteiger partial charge in [-0.3, -0.25) is 0 Å². The van der Waals surface area contributed by atoms with Gasteiger partial charge in [0, 0.05) is 5.69 Å². The number of carbonyl (C=O) groups is 1. The first-order chi connectivity index (χ1) is 9.06. The van der Waals surface area contributed by atoms with Crippen LogP contribution in [-0.2, 0) is 6.54 Å². The molecule has 0 amide bonds. The molecule has 0 saturated heterocycles. The first-order valence-electron chi connectivity index (χ1n) is 5.44. The number of carboxylic acid groups (broad SMARTS) is 1. The molecule has 0 radical (unpaired) electrons. The Balaban J connectivity index is 2.12. The molecule has 0 atom stereocenters. The van der Waals surface area contributed by atoms with E-state index in [0.717, 1.165) is 10.3 Å². The second-order valence-corrected chi connectivity index (χ2v) is 5.02. The minimum Gasteiger partial charge on any atom is -0.478 e. The standard InChI is InChI=1S/C13H10BrClN2O2/c14-12-3-1-2-9(17-12)7-16-8-4-5-11(15)10(6-8)13(18)19/h1-6,16H,7H2,(H,18,19). The summed E-state index contributed by atoms with van der Waals surface area (Å²) in [5.41, 5.74) is 1.61. The molecule has 0 aliphatic rings. The maximum Gasteiger partial charge on any atom is 0.337 e. The van der Waals surface area contributed by atoms with Crippen molar-refractivity contribution < 1.29 is 9.90 Å². The normalized spacial score (nSPS) is 10.2. The van der Waals surface area contributed by atoms with Crippen molar-refractivity contribution in [2.45, 2.75) is 6.54 Å². The summed E-state index contributed by atoms with van der Waals surface area (Å²) >= 11 is 9.10. The topological polar surface area (TPSA) is 62.2 Å². The molecule has 2 N–H and O–H groups in total. The van der Waals surface area contributed by atoms with E-state index in [0.29, 0.717) is 12.2 Å². The Morgan fingerprint density at radius 3 is 2.84 bits per heavy atom. The van der Waals surface area contributed by atoms with Crippen LogP contribution in [0.25, 0.3) is 0 Å². The highest BCUT2D eigenvalue weighted by Gasteiger charge is 2.09. The van der Waals surface area contributed by atoms with Gasteiger partial charge in [0.2, 0.25) is 0 Å². The second kappa shape index (κ2) is 6.04. The largest absolute Gasteiger partial charge is 0.478 e. The summed E-state index contributed by atoms with van der Waals surface area (Å²) in [6.45, 7) is 0.500. The summed E-state index contributed by atoms with van der Waals surface area (Å²) in [5.74, 6) is -1.05. The summed E-state index contributed by atoms with van der Waals surface area (Å²) in [5, 5.41) is 12.3. The molecule has 0 spiro atoms. The fourth-order valence-electron chi connectivity index (χ4n) is 1.54. The summed E-state index contributed by atoms with van der Waals surface area (Å²) in [4.78, 5) is 15.2. The number of pyridine rings is 1. The zero-order valence-corrected chi connectivity index (χ0v) is 12.1. The molecule has 4 nitrogen and oxygen atoms in total. The third kappa shape index (κ3) is 3.68. The number of aromatic carboxylic acids is 1. The van der Waals surface area contributed by atoms with Gasteiger partial charge in [-0.1, -0.05) is 17.7 Å². The Kier molecular flexibility index (Phi) is 4.39. The molecule has 0 aliphatic heterocycles. The predicted molar refractivity (Wildman–Crippen MR) is 77.7 cm³/mol. The molecule has 6 heteroatoms. The van der Waals surface area contributed by atoms with E-state index in [9.17, 15) is 4.79 Å². The van der Waals surface area contributed by atoms with Gasteiger partial charge in [-0.15, -0.1) is 0 Å². The Hall–Kier alpha value is -1.59. The molecule has 1 aromatic heterocycles. The van der Waals surface area contributed by atoms with E-state index in [-0.39, 0.29) is 10.6 Å². The third-order valence-electron chi connectivity index (χ3n) is 2.44. The number of rotatable bonds is 4. The Morgan fingerprint density at radius 1 is 1.37 bits per heavy atom. The van der Waals surface area contributed by atoms with E-state index >= 15 is 0 Å². The van der Waals surface area contributed by atoms with Gasteiger partial charge in [-0.25, -0.2) is 9.78 Å². The quantitative estimate of drug-likeness (QED) is 0.830. The van der Waals surface area contributed by atoms with Crippen LogP contribution in [0.1, 0.15) is 16.1 Å². The molecule has 0 fully saturated rings. The number of carboxylic acids is 1. The summed E-state index contributed by atoms with van der Waals surface area (Å²) < 4.78 is 0.758. The van der Waals surface area contributed by atoms with Crippen LogP contribution in [0.3, 0.4) is 0 Å². The van der Waals surface area contributed by atoms with Gasteiger partial charge in [-0.2, -0.15) is 0 Å². The lowest BCUT2D eigenvalue weighted by Gasteiger charge is -2.08. The maximum absolute atomic E-state index is 11.0. The van der Waals surface area contributed by atoms with Gasteiger partial charge in [0.15, 0.2) is 0 Å². The molecule has 2 rings (SSSR count). The highest BCUT2D eigenvalue weighted by molar-refractivity contribution is 9.10. The van der Waals surface area contributed by atoms with Crippen LogP contribution >= 0.6 is 27.5 Å². The van der Waals surface area contributed by atoms with E-state index in [2.05, 4.69) is 26.2 Å². The molecule has 1 aromatic carbocycles. The van der Waals surface area contributed by atoms with E-state index in [1.54, 1.807) is 12.1 Å². The molecule has 2 aromatic rings. The number of benzene rings is 1. The van der Waals surface area contributed by atoms with Crippen LogP contribution in [0, 0.1) is 0 Å². The minimum atomic E-state index is -1.05. The highest BCUT2D eigenvalue weighted by atomic mass is 79.9. The van der Waals surface area contributed by atoms with Gasteiger partial charge in [0.25, 0.3) is 0 Å². The monoisotopic (exact) mass is 340 g/mol. The van der Waals surface area contributed by atoms with Gasteiger partial charge < -0.3 is 10.4 Å². The van der Waals surface area contributed by atoms with Gasteiger partial charge >= 0.3 is 5.97 Å². The lowest BCUT2D eigenvalue weighted by Crippen LogP contribution is -2.04. The lowest BCUT2D eigenvalue weighted by atomic mass is 10.2. The van der Waals surface area contributed by atoms with Crippen LogP contribution in [0.2, 0.25) is 5.02 Å². The smallest absolute Gasteiger partial charge is 0.337 e. The number of halogens is 2. The number of aromatic nitrogens is 1. The van der Waals surface area contributed by atoms with Crippen molar-refractivity contribution in [1.29, 1.82) is 0 Å². The van der Waals surface area contributed by atoms with Crippen molar-refractivity contribution in [3.05, 3.63) is 57.3 Å². The molecule has 0 bridgehead atoms. The molecule has 1 heterocycles. The summed E-state index contributed by atoms with van der Waals surface area (Å²) in [7, 11) is 0. The first kappa shape index (κ1) is 13.8. The van der Waals surface area contributed by atoms with E-state index in [1.807, 2.05) is 18.2 Å². The van der Waals surface area contributed by atoms with Crippen molar-refractivity contribution in [3.8, 4) is 0 Å². The van der Waals surface area contributed by atoms with Crippen molar-refractivity contribution in [3.63, 3.8) is 0 Å². The van der Waals surface area contributed by atoms with Gasteiger partial charge in [0.05, 0.1) is 22.8 Å². The number of anilines is 1. The maximum atomic E-state index is 11.0. The average Bonchev–Trinajstić information content (AvgIpc) is 2.37. The van der Waals surface area contributed by atoms with Crippen LogP contribution in [0.4, 0.5) is 5.69 Å². The average molecular weight is 342 g/mol. The molecule has 19 heavy (non-hydrogen) atoms. The van der Waals surface area contributed by atoms with Crippen molar-refractivity contribution in [1.82, 2.24) is 4.98 Å². The van der Waals surface area contributed by atoms with Crippen LogP contribution in [-0.4, -0.2) is 16.1 Å². The van der Waals surface area contributed by atoms with Gasteiger partial charge in [-0.05, 0) is 46.3 Å². The van der Waals surface area contributed by atoms with Crippen LogP contribution in [0.15, 0.2) is 41.0 Å². The number of hydrogen-bond donors (Lipinski definition) is 2. The fourth-order valence-corrected chi connectivity index (χ4v) is 2.12. The number of hydrogen-bond acceptors (Lipinski definition) is 3. The van der Waals surface area contributed by atoms with Gasteiger partial charge in [0.1, 0.15) is 4.60 Å². The van der Waals surface area contributed by atoms with Crippen LogP contribution < -0.4 is 5.32 Å². The molecule has 98 valence electrons. The predicted octanol–water partition coefficient (Wildman–Crippen LogP) is 3.81. The highest BCUT2D eigenvalue weighted by Crippen LogP contribution is 2.21. The van der Waals surface area contributed by atoms with E-state index in [4.69, 9.17) is 16.7 Å². The molecule has 0 saturated carbocycles. The SMILES string of the molecule is O=C(O)c1cc(NCc2cccc(Br)n2)ccc1Cl. The Labute approximate surface area is 123 Å². The zero-order chi connectivity index (χ0) is 13.8. The Morgan fingerprint density at radius 2 is 2.16 bits per heavy atom. The van der Waals surface area contributed by atoms with E-state index < -0.39 is 5.97 Å². The van der Waals surface area contributed by atoms with Crippen molar-refractivity contribution >= 4 is 39.2 Å². The molecular formula is C13H10BrClN2O2. The van der Waals surface area contributed by atoms with Crippen molar-refractivity contribution in [2.75, 3.05) is 5.32 Å². The summed E-state index contributed by atoms with van der Waals surface area (Å²) in [6, 6.07) is 10.4. The summed E-state index contributed by atoms with van der Waals surface area (Å²) in [6.07, 6.45) is 0. The Bertz CT molecular complexity index is 619. The molecule has 0 aliphatic carbocycles. The van der Waals surface area contributed by atoms with E-state index in [1.165, 1.54) is 6.07 Å². The number of nitrogens with zero attached hydrogens (tertiary/aromatic N) is 1. The zero-order valence-electron chi connectivity index (χ0n) is 9.73.